The molecule has 1 rings (SSSR count). The standard InChI is InChI=1S/C14H26N4O/c1-5-18(7-8-19-6-2)14-16-10-13(11-17-14)9-15-12(3)4/h10-12,15H,5-9H2,1-4H3. The van der Waals surface area contributed by atoms with E-state index in [1.807, 2.05) is 19.3 Å². The van der Waals surface area contributed by atoms with Gasteiger partial charge >= 0.3 is 0 Å². The summed E-state index contributed by atoms with van der Waals surface area (Å²) >= 11 is 0. The largest absolute Gasteiger partial charge is 0.380 e. The Morgan fingerprint density at radius 1 is 1.26 bits per heavy atom. The fourth-order valence-electron chi connectivity index (χ4n) is 1.64. The van der Waals surface area contributed by atoms with Crippen molar-refractivity contribution in [2.45, 2.75) is 40.3 Å². The van der Waals surface area contributed by atoms with Gasteiger partial charge in [0.15, 0.2) is 0 Å². The monoisotopic (exact) mass is 266 g/mol. The lowest BCUT2D eigenvalue weighted by Gasteiger charge is -2.20. The van der Waals surface area contributed by atoms with Crippen LogP contribution in [0.25, 0.3) is 0 Å². The minimum atomic E-state index is 0.470. The van der Waals surface area contributed by atoms with Crippen molar-refractivity contribution < 1.29 is 4.74 Å². The van der Waals surface area contributed by atoms with Crippen molar-refractivity contribution in [3.8, 4) is 0 Å². The molecule has 5 heteroatoms. The van der Waals surface area contributed by atoms with Gasteiger partial charge in [0.1, 0.15) is 0 Å². The Bertz CT molecular complexity index is 340. The molecule has 1 aromatic rings. The Morgan fingerprint density at radius 2 is 1.95 bits per heavy atom. The highest BCUT2D eigenvalue weighted by atomic mass is 16.5. The average molecular weight is 266 g/mol. The van der Waals surface area contributed by atoms with Gasteiger partial charge in [0.05, 0.1) is 6.61 Å². The first kappa shape index (κ1) is 15.9. The Hall–Kier alpha value is -1.20. The van der Waals surface area contributed by atoms with Crippen LogP contribution in [0.1, 0.15) is 33.3 Å². The molecule has 0 spiro atoms. The second kappa shape index (κ2) is 8.82. The maximum Gasteiger partial charge on any atom is 0.225 e. The highest BCUT2D eigenvalue weighted by Crippen LogP contribution is 2.06. The molecule has 0 saturated heterocycles. The third-order valence-electron chi connectivity index (χ3n) is 2.78. The van der Waals surface area contributed by atoms with Crippen LogP contribution in [0.3, 0.4) is 0 Å². The lowest BCUT2D eigenvalue weighted by atomic mass is 10.3. The maximum atomic E-state index is 5.37. The summed E-state index contributed by atoms with van der Waals surface area (Å²) in [4.78, 5) is 11.0. The van der Waals surface area contributed by atoms with Crippen LogP contribution < -0.4 is 10.2 Å². The number of anilines is 1. The van der Waals surface area contributed by atoms with Crippen molar-refractivity contribution in [1.82, 2.24) is 15.3 Å². The molecule has 0 aliphatic heterocycles. The summed E-state index contributed by atoms with van der Waals surface area (Å²) in [5.74, 6) is 0.774. The number of hydrogen-bond donors (Lipinski definition) is 1. The fraction of sp³-hybridized carbons (Fsp3) is 0.714. The number of likely N-dealkylation sites (N-methyl/N-ethyl adjacent to an activating group) is 1. The second-order valence-corrected chi connectivity index (χ2v) is 4.70. The quantitative estimate of drug-likeness (QED) is 0.691. The van der Waals surface area contributed by atoms with Crippen molar-refractivity contribution in [2.24, 2.45) is 0 Å². The van der Waals surface area contributed by atoms with E-state index in [2.05, 4.69) is 41.0 Å². The molecule has 5 nitrogen and oxygen atoms in total. The summed E-state index contributed by atoms with van der Waals surface area (Å²) < 4.78 is 5.37. The lowest BCUT2D eigenvalue weighted by Crippen LogP contribution is -2.29. The van der Waals surface area contributed by atoms with Gasteiger partial charge in [-0.1, -0.05) is 13.8 Å². The summed E-state index contributed by atoms with van der Waals surface area (Å²) in [6.45, 7) is 12.3. The van der Waals surface area contributed by atoms with Crippen LogP contribution in [-0.4, -0.2) is 42.3 Å². The molecule has 0 aromatic carbocycles. The Labute approximate surface area is 116 Å². The molecule has 19 heavy (non-hydrogen) atoms. The topological polar surface area (TPSA) is 50.3 Å². The first-order valence-corrected chi connectivity index (χ1v) is 7.04. The molecular formula is C14H26N4O. The summed E-state index contributed by atoms with van der Waals surface area (Å²) in [5.41, 5.74) is 1.11. The molecule has 1 aromatic heterocycles. The smallest absolute Gasteiger partial charge is 0.225 e. The van der Waals surface area contributed by atoms with E-state index in [4.69, 9.17) is 4.74 Å². The van der Waals surface area contributed by atoms with Gasteiger partial charge in [0.2, 0.25) is 5.95 Å². The van der Waals surface area contributed by atoms with Gasteiger partial charge in [-0.3, -0.25) is 0 Å². The number of nitrogens with one attached hydrogen (secondary N) is 1. The highest BCUT2D eigenvalue weighted by Gasteiger charge is 2.07. The number of aromatic nitrogens is 2. The molecule has 0 radical (unpaired) electrons. The molecule has 0 unspecified atom stereocenters. The van der Waals surface area contributed by atoms with E-state index >= 15 is 0 Å². The molecule has 0 aliphatic rings. The normalized spacial score (nSPS) is 11.0. The van der Waals surface area contributed by atoms with E-state index < -0.39 is 0 Å². The first-order valence-electron chi connectivity index (χ1n) is 7.04. The van der Waals surface area contributed by atoms with Crippen LogP contribution in [0.5, 0.6) is 0 Å². The van der Waals surface area contributed by atoms with Crippen LogP contribution in [0.2, 0.25) is 0 Å². The van der Waals surface area contributed by atoms with Gasteiger partial charge in [0.25, 0.3) is 0 Å². The Kier molecular flexibility index (Phi) is 7.36. The number of nitrogens with zero attached hydrogens (tertiary/aromatic N) is 3. The molecule has 0 saturated carbocycles. The van der Waals surface area contributed by atoms with E-state index in [1.54, 1.807) is 0 Å². The third kappa shape index (κ3) is 5.98. The van der Waals surface area contributed by atoms with E-state index in [9.17, 15) is 0 Å². The van der Waals surface area contributed by atoms with Crippen LogP contribution in [0.4, 0.5) is 5.95 Å². The van der Waals surface area contributed by atoms with E-state index in [1.165, 1.54) is 0 Å². The predicted octanol–water partition coefficient (Wildman–Crippen LogP) is 1.84. The number of ether oxygens (including phenoxy) is 1. The fourth-order valence-corrected chi connectivity index (χ4v) is 1.64. The van der Waals surface area contributed by atoms with Gasteiger partial charge in [-0.15, -0.1) is 0 Å². The van der Waals surface area contributed by atoms with Gasteiger partial charge in [0, 0.05) is 50.2 Å². The van der Waals surface area contributed by atoms with E-state index in [-0.39, 0.29) is 0 Å². The molecule has 1 heterocycles. The van der Waals surface area contributed by atoms with Crippen molar-refractivity contribution in [2.75, 3.05) is 31.2 Å². The Morgan fingerprint density at radius 3 is 2.47 bits per heavy atom. The maximum absolute atomic E-state index is 5.37. The van der Waals surface area contributed by atoms with Crippen molar-refractivity contribution >= 4 is 5.95 Å². The minimum Gasteiger partial charge on any atom is -0.380 e. The van der Waals surface area contributed by atoms with Crippen molar-refractivity contribution in [3.63, 3.8) is 0 Å². The number of hydrogen-bond acceptors (Lipinski definition) is 5. The van der Waals surface area contributed by atoms with E-state index in [0.29, 0.717) is 12.6 Å². The lowest BCUT2D eigenvalue weighted by molar-refractivity contribution is 0.153. The molecule has 0 amide bonds. The number of rotatable bonds is 9. The average Bonchev–Trinajstić information content (AvgIpc) is 2.42. The predicted molar refractivity (Wildman–Crippen MR) is 78.4 cm³/mol. The molecule has 0 fully saturated rings. The second-order valence-electron chi connectivity index (χ2n) is 4.70. The summed E-state index contributed by atoms with van der Waals surface area (Å²) in [7, 11) is 0. The zero-order chi connectivity index (χ0) is 14.1. The van der Waals surface area contributed by atoms with Gasteiger partial charge in [-0.25, -0.2) is 9.97 Å². The summed E-state index contributed by atoms with van der Waals surface area (Å²) in [6.07, 6.45) is 3.78. The molecular weight excluding hydrogens is 240 g/mol. The van der Waals surface area contributed by atoms with Gasteiger partial charge in [-0.2, -0.15) is 0 Å². The molecule has 1 N–H and O–H groups in total. The molecule has 0 atom stereocenters. The van der Waals surface area contributed by atoms with Crippen molar-refractivity contribution in [3.05, 3.63) is 18.0 Å². The molecule has 108 valence electrons. The van der Waals surface area contributed by atoms with Crippen molar-refractivity contribution in [1.29, 1.82) is 0 Å². The minimum absolute atomic E-state index is 0.470. The van der Waals surface area contributed by atoms with Crippen LogP contribution in [-0.2, 0) is 11.3 Å². The van der Waals surface area contributed by atoms with Gasteiger partial charge in [-0.05, 0) is 13.8 Å². The van der Waals surface area contributed by atoms with Crippen LogP contribution in [0.15, 0.2) is 12.4 Å². The third-order valence-corrected chi connectivity index (χ3v) is 2.78. The zero-order valence-corrected chi connectivity index (χ0v) is 12.5. The summed E-state index contributed by atoms with van der Waals surface area (Å²) in [6, 6.07) is 0.470. The summed E-state index contributed by atoms with van der Waals surface area (Å²) in [5, 5.41) is 3.35. The molecule has 0 aliphatic carbocycles. The molecule has 0 bridgehead atoms. The van der Waals surface area contributed by atoms with Gasteiger partial charge < -0.3 is 15.0 Å². The first-order chi connectivity index (χ1) is 9.17. The SMILES string of the molecule is CCOCCN(CC)c1ncc(CNC(C)C)cn1. The highest BCUT2D eigenvalue weighted by molar-refractivity contribution is 5.29. The zero-order valence-electron chi connectivity index (χ0n) is 12.5. The van der Waals surface area contributed by atoms with Crippen LogP contribution in [0, 0.1) is 0 Å². The Balaban J connectivity index is 2.52. The van der Waals surface area contributed by atoms with Crippen LogP contribution >= 0.6 is 0 Å². The van der Waals surface area contributed by atoms with E-state index in [0.717, 1.165) is 37.8 Å².